The smallest absolute Gasteiger partial charge is 0.459 e. The highest BCUT2D eigenvalue weighted by atomic mass is 19.5. The average molecular weight is 1130 g/mol. The normalized spacial score (nSPS) is 14.7. The van der Waals surface area contributed by atoms with Gasteiger partial charge in [0.1, 0.15) is 50.1 Å². The van der Waals surface area contributed by atoms with Gasteiger partial charge in [0, 0.05) is 6.07 Å². The Labute approximate surface area is 392 Å². The van der Waals surface area contributed by atoms with Gasteiger partial charge in [-0.3, -0.25) is 0 Å². The van der Waals surface area contributed by atoms with Gasteiger partial charge in [-0.25, -0.2) is 0 Å². The van der Waals surface area contributed by atoms with Crippen LogP contribution in [0.1, 0.15) is 31.7 Å². The quantitative estimate of drug-likeness (QED) is 0.0598. The number of unbranched alkanes of at least 4 members (excludes halogenated alkanes) is 2. The molecule has 0 saturated carbocycles. The van der Waals surface area contributed by atoms with Gasteiger partial charge in [-0.15, -0.1) is 0 Å². The van der Waals surface area contributed by atoms with Gasteiger partial charge in [-0.05, 0) is 41.7 Å². The van der Waals surface area contributed by atoms with E-state index in [1.165, 1.54) is 24.3 Å². The van der Waals surface area contributed by atoms with Crippen LogP contribution in [0.25, 0.3) is 11.1 Å². The lowest BCUT2D eigenvalue weighted by atomic mass is 10.0. The Morgan fingerprint density at radius 2 is 0.630 bits per heavy atom. The molecular formula is C39H36F28O6. The molecule has 6 nitrogen and oxygen atoms in total. The maximum absolute atomic E-state index is 14.0. The molecule has 424 valence electrons. The van der Waals surface area contributed by atoms with E-state index in [-0.39, 0.29) is 11.1 Å². The third-order valence-electron chi connectivity index (χ3n) is 9.45. The highest BCUT2D eigenvalue weighted by Gasteiger charge is 2.75. The molecule has 0 aliphatic carbocycles. The second-order valence-electron chi connectivity index (χ2n) is 15.5. The van der Waals surface area contributed by atoms with Crippen LogP contribution in [0.3, 0.4) is 0 Å². The number of halogens is 28. The van der Waals surface area contributed by atoms with E-state index in [2.05, 4.69) is 18.9 Å². The Hall–Kier alpha value is -4.08. The van der Waals surface area contributed by atoms with Crippen LogP contribution < -0.4 is 9.47 Å². The Morgan fingerprint density at radius 1 is 0.356 bits per heavy atom. The largest absolute Gasteiger partial charge is 0.485 e. The van der Waals surface area contributed by atoms with Crippen molar-refractivity contribution in [3.63, 3.8) is 0 Å². The van der Waals surface area contributed by atoms with Crippen molar-refractivity contribution in [3.05, 3.63) is 48.0 Å². The number of hydrogen-bond donors (Lipinski definition) is 0. The summed E-state index contributed by atoms with van der Waals surface area (Å²) >= 11 is 0. The van der Waals surface area contributed by atoms with E-state index in [1.807, 2.05) is 6.92 Å². The van der Waals surface area contributed by atoms with Crippen LogP contribution in [0, 0.1) is 0 Å². The Bertz CT molecular complexity index is 1810. The first kappa shape index (κ1) is 65.0. The van der Waals surface area contributed by atoms with Crippen molar-refractivity contribution in [3.8, 4) is 22.6 Å². The molecule has 0 radical (unpaired) electrons. The molecule has 0 spiro atoms. The minimum Gasteiger partial charge on any atom is -0.485 e. The monoisotopic (exact) mass is 1130 g/mol. The van der Waals surface area contributed by atoms with Crippen LogP contribution in [0.2, 0.25) is 0 Å². The topological polar surface area (TPSA) is 55.4 Å². The van der Waals surface area contributed by atoms with Crippen LogP contribution in [-0.2, 0) is 25.4 Å². The molecular weight excluding hydrogens is 1100 g/mol. The summed E-state index contributed by atoms with van der Waals surface area (Å²) < 4.78 is 400. The van der Waals surface area contributed by atoms with Crippen molar-refractivity contribution in [2.24, 2.45) is 0 Å². The van der Waals surface area contributed by atoms with Crippen LogP contribution in [-0.4, -0.2) is 137 Å². The minimum atomic E-state index is -6.98. The first-order valence-corrected chi connectivity index (χ1v) is 19.9. The third kappa shape index (κ3) is 16.2. The van der Waals surface area contributed by atoms with E-state index in [4.69, 9.17) is 9.47 Å². The molecule has 2 aromatic rings. The van der Waals surface area contributed by atoms with Gasteiger partial charge in [-0.2, -0.15) is 123 Å². The number of alkyl halides is 28. The molecule has 2 aromatic carbocycles. The summed E-state index contributed by atoms with van der Waals surface area (Å²) in [5.41, 5.74) is 0.217. The van der Waals surface area contributed by atoms with Gasteiger partial charge in [-0.1, -0.05) is 44.0 Å². The molecule has 0 aromatic heterocycles. The van der Waals surface area contributed by atoms with Crippen molar-refractivity contribution in [1.29, 1.82) is 0 Å². The highest BCUT2D eigenvalue weighted by Crippen LogP contribution is 2.50. The summed E-state index contributed by atoms with van der Waals surface area (Å²) in [6, 6.07) is 7.23. The highest BCUT2D eigenvalue weighted by molar-refractivity contribution is 5.67. The number of rotatable bonds is 29. The fourth-order valence-electron chi connectivity index (χ4n) is 5.40. The summed E-state index contributed by atoms with van der Waals surface area (Å²) in [4.78, 5) is 0. The average Bonchev–Trinajstić information content (AvgIpc) is 3.21. The van der Waals surface area contributed by atoms with Gasteiger partial charge in [0.05, 0.1) is 26.4 Å². The Balaban J connectivity index is 2.75. The second-order valence-corrected chi connectivity index (χ2v) is 15.5. The molecule has 0 bridgehead atoms. The zero-order chi connectivity index (χ0) is 56.7. The molecule has 0 aliphatic heterocycles. The first-order chi connectivity index (χ1) is 32.7. The van der Waals surface area contributed by atoms with Crippen molar-refractivity contribution < 1.29 is 151 Å². The zero-order valence-electron chi connectivity index (χ0n) is 36.2. The molecule has 73 heavy (non-hydrogen) atoms. The molecule has 2 rings (SSSR count). The summed E-state index contributed by atoms with van der Waals surface area (Å²) in [5.74, 6) is -54.3. The van der Waals surface area contributed by atoms with E-state index in [0.717, 1.165) is 25.0 Å². The molecule has 0 heterocycles. The van der Waals surface area contributed by atoms with Crippen molar-refractivity contribution >= 4 is 0 Å². The van der Waals surface area contributed by atoms with Gasteiger partial charge < -0.3 is 28.4 Å². The summed E-state index contributed by atoms with van der Waals surface area (Å²) in [5, 5.41) is 0. The molecule has 0 atom stereocenters. The van der Waals surface area contributed by atoms with E-state index >= 15 is 0 Å². The SMILES string of the molecule is CCCCCc1ccc(-c2cc(OC(COCC(F)(F)C(F)(F)C(F)(F)F)COCC(F)(F)C(F)(F)C(F)(F)F)cc(OC(COCC(F)(F)C(F)(F)C(F)(F)F)COCC(F)(F)C(F)(F)C(F)(F)F)c2)cc1. The maximum atomic E-state index is 14.0. The van der Waals surface area contributed by atoms with Crippen LogP contribution in [0.5, 0.6) is 11.5 Å². The predicted octanol–water partition coefficient (Wildman–Crippen LogP) is 14.0. The number of hydrogen-bond acceptors (Lipinski definition) is 6. The van der Waals surface area contributed by atoms with Crippen molar-refractivity contribution in [2.45, 2.75) is 117 Å². The van der Waals surface area contributed by atoms with Gasteiger partial charge in [0.25, 0.3) is 0 Å². The molecule has 0 unspecified atom stereocenters. The fraction of sp³-hybridized carbons (Fsp3) is 0.692. The van der Waals surface area contributed by atoms with Crippen molar-refractivity contribution in [2.75, 3.05) is 52.9 Å². The maximum Gasteiger partial charge on any atom is 0.459 e. The van der Waals surface area contributed by atoms with Gasteiger partial charge in [0.15, 0.2) is 0 Å². The van der Waals surface area contributed by atoms with Gasteiger partial charge >= 0.3 is 72.1 Å². The molecule has 0 saturated heterocycles. The van der Waals surface area contributed by atoms with Crippen LogP contribution >= 0.6 is 0 Å². The first-order valence-electron chi connectivity index (χ1n) is 19.9. The molecule has 0 fully saturated rings. The molecule has 34 heteroatoms. The Morgan fingerprint density at radius 3 is 0.877 bits per heavy atom. The summed E-state index contributed by atoms with van der Waals surface area (Å²) in [6.45, 7) is -17.5. The summed E-state index contributed by atoms with van der Waals surface area (Å²) in [7, 11) is 0. The van der Waals surface area contributed by atoms with Crippen molar-refractivity contribution in [1.82, 2.24) is 0 Å². The number of aryl methyl sites for hydroxylation is 1. The Kier molecular flexibility index (Phi) is 20.9. The lowest BCUT2D eigenvalue weighted by Crippen LogP contribution is -2.55. The minimum absolute atomic E-state index is 0.0475. The van der Waals surface area contributed by atoms with E-state index in [1.54, 1.807) is 0 Å². The van der Waals surface area contributed by atoms with Crippen LogP contribution in [0.15, 0.2) is 42.5 Å². The van der Waals surface area contributed by atoms with E-state index in [0.29, 0.717) is 24.5 Å². The standard InChI is InChI=1S/C39H36F28O6/c1-2-3-4-5-21-6-8-22(9-7-21)23-10-24(72-26(13-68-17-28(40,41)32(48,49)36(56,57)58)14-69-18-29(42,43)33(50,51)37(59,60)61)12-25(11-23)73-27(15-70-19-30(44,45)34(52,53)38(62,63)64)16-71-20-31(46,47)35(54,55)39(65,66)67/h6-12,26-27H,2-5,13-20H2,1H3. The predicted molar refractivity (Wildman–Crippen MR) is 191 cm³/mol. The van der Waals surface area contributed by atoms with Crippen LogP contribution in [0.4, 0.5) is 123 Å². The van der Waals surface area contributed by atoms with E-state index < -0.39 is 149 Å². The van der Waals surface area contributed by atoms with E-state index in [9.17, 15) is 123 Å². The second kappa shape index (κ2) is 23.4. The third-order valence-corrected chi connectivity index (χ3v) is 9.45. The summed E-state index contributed by atoms with van der Waals surface area (Å²) in [6.07, 6.45) is -30.6. The number of ether oxygens (including phenoxy) is 6. The van der Waals surface area contributed by atoms with Gasteiger partial charge in [0.2, 0.25) is 0 Å². The number of benzene rings is 2. The molecule has 0 aliphatic rings. The zero-order valence-corrected chi connectivity index (χ0v) is 36.2. The lowest BCUT2D eigenvalue weighted by Gasteiger charge is -2.30. The lowest BCUT2D eigenvalue weighted by molar-refractivity contribution is -0.363. The molecule has 0 N–H and O–H groups in total. The fourth-order valence-corrected chi connectivity index (χ4v) is 5.40. The molecule has 0 amide bonds.